The topological polar surface area (TPSA) is 85.3 Å². The summed E-state index contributed by atoms with van der Waals surface area (Å²) in [5, 5.41) is 9.52. The number of aromatic nitrogens is 4. The molecule has 2 aromatic rings. The lowest BCUT2D eigenvalue weighted by atomic mass is 10.3. The molecule has 0 radical (unpaired) electrons. The van der Waals surface area contributed by atoms with Crippen LogP contribution in [0.25, 0.3) is 11.2 Å². The number of rotatable bonds is 3. The zero-order valence-corrected chi connectivity index (χ0v) is 12.2. The van der Waals surface area contributed by atoms with E-state index in [0.717, 1.165) is 24.1 Å². The summed E-state index contributed by atoms with van der Waals surface area (Å²) in [5.41, 5.74) is 0.149. The van der Waals surface area contributed by atoms with Crippen molar-refractivity contribution >= 4 is 11.2 Å². The molecule has 8 heteroatoms. The van der Waals surface area contributed by atoms with Gasteiger partial charge in [-0.25, -0.2) is 9.78 Å². The Balaban J connectivity index is 1.93. The summed E-state index contributed by atoms with van der Waals surface area (Å²) in [5.74, 6) is 0. The highest BCUT2D eigenvalue weighted by molar-refractivity contribution is 5.69. The summed E-state index contributed by atoms with van der Waals surface area (Å²) in [6.45, 7) is 2.89. The molecule has 3 heterocycles. The maximum atomic E-state index is 12.3. The number of aryl methyl sites for hydroxylation is 1. The smallest absolute Gasteiger partial charge is 0.332 e. The Hall–Kier alpha value is -1.93. The van der Waals surface area contributed by atoms with Crippen LogP contribution in [-0.4, -0.2) is 54.4 Å². The summed E-state index contributed by atoms with van der Waals surface area (Å²) in [7, 11) is 3.08. The molecule has 0 spiro atoms. The molecule has 1 fully saturated rings. The normalized spacial score (nSPS) is 19.7. The van der Waals surface area contributed by atoms with E-state index in [2.05, 4.69) is 9.88 Å². The minimum absolute atomic E-state index is 0.252. The number of aliphatic hydroxyl groups excluding tert-OH is 1. The predicted octanol–water partition coefficient (Wildman–Crippen LogP) is -1.50. The van der Waals surface area contributed by atoms with Crippen LogP contribution >= 0.6 is 0 Å². The van der Waals surface area contributed by atoms with Crippen LogP contribution < -0.4 is 11.2 Å². The van der Waals surface area contributed by atoms with Crippen molar-refractivity contribution in [3.05, 3.63) is 27.2 Å². The molecule has 21 heavy (non-hydrogen) atoms. The minimum atomic E-state index is -0.375. The Morgan fingerprint density at radius 2 is 2.05 bits per heavy atom. The fourth-order valence-corrected chi connectivity index (χ4v) is 2.83. The zero-order chi connectivity index (χ0) is 15.1. The zero-order valence-electron chi connectivity index (χ0n) is 12.2. The van der Waals surface area contributed by atoms with Crippen molar-refractivity contribution in [2.75, 3.05) is 19.6 Å². The second-order valence-corrected chi connectivity index (χ2v) is 5.56. The fraction of sp³-hybridized carbons (Fsp3) is 0.615. The lowest BCUT2D eigenvalue weighted by Crippen LogP contribution is -2.37. The third-order valence-corrected chi connectivity index (χ3v) is 4.12. The molecule has 0 aromatic carbocycles. The standard InChI is InChI=1S/C13H19N5O3/c1-15-11-10(12(20)16(2)13(15)21)18(8-14-11)6-5-17-4-3-9(19)7-17/h8-9,19H,3-7H2,1-2H3. The first-order chi connectivity index (χ1) is 9.99. The number of β-amino-alcohol motifs (C(OH)–C–C–N with tert-alkyl or cyclic N) is 1. The van der Waals surface area contributed by atoms with Crippen molar-refractivity contribution in [3.8, 4) is 0 Å². The summed E-state index contributed by atoms with van der Waals surface area (Å²) in [6.07, 6.45) is 2.14. The molecule has 1 atom stereocenters. The first kappa shape index (κ1) is 14.0. The monoisotopic (exact) mass is 293 g/mol. The maximum absolute atomic E-state index is 12.3. The van der Waals surface area contributed by atoms with Gasteiger partial charge in [-0.1, -0.05) is 0 Å². The van der Waals surface area contributed by atoms with E-state index in [0.29, 0.717) is 24.3 Å². The number of hydrogen-bond acceptors (Lipinski definition) is 5. The van der Waals surface area contributed by atoms with Crippen LogP contribution in [0.1, 0.15) is 6.42 Å². The number of fused-ring (bicyclic) bond motifs is 1. The van der Waals surface area contributed by atoms with Crippen LogP contribution in [0.3, 0.4) is 0 Å². The van der Waals surface area contributed by atoms with Crippen LogP contribution in [-0.2, 0) is 20.6 Å². The Labute approximate surface area is 120 Å². The van der Waals surface area contributed by atoms with E-state index in [1.807, 2.05) is 0 Å². The first-order valence-electron chi connectivity index (χ1n) is 7.00. The molecule has 8 nitrogen and oxygen atoms in total. The van der Waals surface area contributed by atoms with Gasteiger partial charge in [-0.15, -0.1) is 0 Å². The average molecular weight is 293 g/mol. The van der Waals surface area contributed by atoms with Crippen LogP contribution in [0.15, 0.2) is 15.9 Å². The van der Waals surface area contributed by atoms with Crippen molar-refractivity contribution in [2.45, 2.75) is 19.1 Å². The molecule has 0 saturated carbocycles. The largest absolute Gasteiger partial charge is 0.392 e. The Morgan fingerprint density at radius 1 is 1.29 bits per heavy atom. The Bertz CT molecular complexity index is 787. The molecule has 1 aliphatic heterocycles. The van der Waals surface area contributed by atoms with Gasteiger partial charge in [0.1, 0.15) is 0 Å². The lowest BCUT2D eigenvalue weighted by molar-refractivity contribution is 0.175. The molecule has 0 bridgehead atoms. The van der Waals surface area contributed by atoms with Crippen LogP contribution in [0.5, 0.6) is 0 Å². The molecule has 1 saturated heterocycles. The average Bonchev–Trinajstić information content (AvgIpc) is 3.06. The summed E-state index contributed by atoms with van der Waals surface area (Å²) >= 11 is 0. The van der Waals surface area contributed by atoms with Gasteiger partial charge < -0.3 is 9.67 Å². The molecule has 0 amide bonds. The summed E-state index contributed by atoms with van der Waals surface area (Å²) in [6, 6.07) is 0. The van der Waals surface area contributed by atoms with Gasteiger partial charge in [0, 0.05) is 40.3 Å². The SMILES string of the molecule is Cn1c(=O)c2c(ncn2CCN2CCC(O)C2)n(C)c1=O. The highest BCUT2D eigenvalue weighted by Gasteiger charge is 2.20. The summed E-state index contributed by atoms with van der Waals surface area (Å²) in [4.78, 5) is 30.5. The van der Waals surface area contributed by atoms with E-state index < -0.39 is 0 Å². The number of likely N-dealkylation sites (tertiary alicyclic amines) is 1. The number of aliphatic hydroxyl groups is 1. The van der Waals surface area contributed by atoms with Gasteiger partial charge in [0.25, 0.3) is 5.56 Å². The van der Waals surface area contributed by atoms with E-state index in [1.165, 1.54) is 11.6 Å². The highest BCUT2D eigenvalue weighted by atomic mass is 16.3. The van der Waals surface area contributed by atoms with Gasteiger partial charge >= 0.3 is 5.69 Å². The lowest BCUT2D eigenvalue weighted by Gasteiger charge is -2.15. The van der Waals surface area contributed by atoms with Crippen molar-refractivity contribution in [2.24, 2.45) is 14.1 Å². The third-order valence-electron chi connectivity index (χ3n) is 4.12. The Kier molecular flexibility index (Phi) is 3.42. The second kappa shape index (κ2) is 5.12. The van der Waals surface area contributed by atoms with Crippen molar-refractivity contribution in [1.82, 2.24) is 23.6 Å². The summed E-state index contributed by atoms with van der Waals surface area (Å²) < 4.78 is 4.26. The highest BCUT2D eigenvalue weighted by Crippen LogP contribution is 2.10. The third kappa shape index (κ3) is 2.30. The van der Waals surface area contributed by atoms with Crippen LogP contribution in [0, 0.1) is 0 Å². The molecular weight excluding hydrogens is 274 g/mol. The van der Waals surface area contributed by atoms with E-state index in [9.17, 15) is 14.7 Å². The van der Waals surface area contributed by atoms with Gasteiger partial charge in [-0.2, -0.15) is 0 Å². The van der Waals surface area contributed by atoms with Gasteiger partial charge in [-0.05, 0) is 6.42 Å². The van der Waals surface area contributed by atoms with Crippen molar-refractivity contribution in [1.29, 1.82) is 0 Å². The van der Waals surface area contributed by atoms with Crippen molar-refractivity contribution in [3.63, 3.8) is 0 Å². The van der Waals surface area contributed by atoms with E-state index in [1.54, 1.807) is 17.9 Å². The molecule has 1 unspecified atom stereocenters. The quantitative estimate of drug-likeness (QED) is 0.744. The molecule has 0 aliphatic carbocycles. The predicted molar refractivity (Wildman–Crippen MR) is 77.3 cm³/mol. The minimum Gasteiger partial charge on any atom is -0.392 e. The molecular formula is C13H19N5O3. The van der Waals surface area contributed by atoms with Gasteiger partial charge in [-0.3, -0.25) is 18.8 Å². The van der Waals surface area contributed by atoms with Gasteiger partial charge in [0.15, 0.2) is 11.2 Å². The molecule has 1 aliphatic rings. The maximum Gasteiger partial charge on any atom is 0.332 e. The number of nitrogens with zero attached hydrogens (tertiary/aromatic N) is 5. The van der Waals surface area contributed by atoms with Crippen LogP contribution in [0.2, 0.25) is 0 Å². The number of hydrogen-bond donors (Lipinski definition) is 1. The second-order valence-electron chi connectivity index (χ2n) is 5.56. The van der Waals surface area contributed by atoms with Gasteiger partial charge in [0.2, 0.25) is 0 Å². The first-order valence-corrected chi connectivity index (χ1v) is 7.00. The molecule has 3 rings (SSSR count). The van der Waals surface area contributed by atoms with E-state index >= 15 is 0 Å². The Morgan fingerprint density at radius 3 is 2.71 bits per heavy atom. The van der Waals surface area contributed by atoms with E-state index in [4.69, 9.17) is 0 Å². The fourth-order valence-electron chi connectivity index (χ4n) is 2.83. The van der Waals surface area contributed by atoms with Crippen LogP contribution in [0.4, 0.5) is 0 Å². The molecule has 2 aromatic heterocycles. The van der Waals surface area contributed by atoms with Gasteiger partial charge in [0.05, 0.1) is 12.4 Å². The number of imidazole rings is 1. The molecule has 1 N–H and O–H groups in total. The molecule has 114 valence electrons. The van der Waals surface area contributed by atoms with Crippen molar-refractivity contribution < 1.29 is 5.11 Å². The van der Waals surface area contributed by atoms with E-state index in [-0.39, 0.29) is 17.4 Å².